The van der Waals surface area contributed by atoms with Crippen LogP contribution in [-0.4, -0.2) is 14.5 Å². The molecule has 21 heavy (non-hydrogen) atoms. The lowest BCUT2D eigenvalue weighted by Gasteiger charge is -2.29. The Hall–Kier alpha value is -1.07. The van der Waals surface area contributed by atoms with Crippen LogP contribution in [0.25, 0.3) is 0 Å². The summed E-state index contributed by atoms with van der Waals surface area (Å²) in [5, 5.41) is 0. The Morgan fingerprint density at radius 2 is 1.90 bits per heavy atom. The molecule has 0 heterocycles. The Bertz CT molecular complexity index is 576. The SMILES string of the molecule is CCCC1CCC(NS(=O)(=O)c2cc(N)ccc2C)CC1. The number of nitrogens with two attached hydrogens (primary N) is 1. The normalized spacial score (nSPS) is 23.1. The van der Waals surface area contributed by atoms with Crippen LogP contribution in [0.5, 0.6) is 0 Å². The lowest BCUT2D eigenvalue weighted by atomic mass is 9.84. The highest BCUT2D eigenvalue weighted by Crippen LogP contribution is 2.29. The summed E-state index contributed by atoms with van der Waals surface area (Å²) in [6.07, 6.45) is 6.59. The molecular weight excluding hydrogens is 284 g/mol. The Labute approximate surface area is 128 Å². The molecule has 1 aliphatic carbocycles. The third-order valence-corrected chi connectivity index (χ3v) is 6.03. The van der Waals surface area contributed by atoms with Crippen LogP contribution in [0, 0.1) is 12.8 Å². The van der Waals surface area contributed by atoms with Crippen LogP contribution in [0.2, 0.25) is 0 Å². The van der Waals surface area contributed by atoms with Gasteiger partial charge in [0.05, 0.1) is 4.90 Å². The Kier molecular flexibility index (Phi) is 5.27. The molecule has 1 saturated carbocycles. The van der Waals surface area contributed by atoms with E-state index in [-0.39, 0.29) is 6.04 Å². The van der Waals surface area contributed by atoms with Gasteiger partial charge in [0.2, 0.25) is 10.0 Å². The van der Waals surface area contributed by atoms with Gasteiger partial charge >= 0.3 is 0 Å². The zero-order chi connectivity index (χ0) is 15.5. The molecule has 0 amide bonds. The van der Waals surface area contributed by atoms with E-state index in [4.69, 9.17) is 5.73 Å². The fourth-order valence-corrected chi connectivity index (χ4v) is 4.75. The largest absolute Gasteiger partial charge is 0.399 e. The van der Waals surface area contributed by atoms with Crippen molar-refractivity contribution in [2.75, 3.05) is 5.73 Å². The molecule has 0 saturated heterocycles. The van der Waals surface area contributed by atoms with E-state index in [1.165, 1.54) is 12.8 Å². The van der Waals surface area contributed by atoms with Crippen LogP contribution in [0.15, 0.2) is 23.1 Å². The molecule has 1 aromatic rings. The third-order valence-electron chi connectivity index (χ3n) is 4.37. The maximum atomic E-state index is 12.5. The molecule has 1 aromatic carbocycles. The van der Waals surface area contributed by atoms with Crippen LogP contribution in [-0.2, 0) is 10.0 Å². The van der Waals surface area contributed by atoms with Gasteiger partial charge in [-0.3, -0.25) is 0 Å². The first-order valence-electron chi connectivity index (χ1n) is 7.81. The maximum absolute atomic E-state index is 12.5. The van der Waals surface area contributed by atoms with Crippen molar-refractivity contribution in [1.29, 1.82) is 0 Å². The van der Waals surface area contributed by atoms with Crippen LogP contribution in [0.4, 0.5) is 5.69 Å². The van der Waals surface area contributed by atoms with Gasteiger partial charge in [-0.1, -0.05) is 25.8 Å². The van der Waals surface area contributed by atoms with Gasteiger partial charge in [0.15, 0.2) is 0 Å². The minimum Gasteiger partial charge on any atom is -0.399 e. The summed E-state index contributed by atoms with van der Waals surface area (Å²) < 4.78 is 27.9. The van der Waals surface area contributed by atoms with Crippen molar-refractivity contribution in [1.82, 2.24) is 4.72 Å². The second-order valence-electron chi connectivity index (χ2n) is 6.15. The quantitative estimate of drug-likeness (QED) is 0.820. The number of nitrogen functional groups attached to an aromatic ring is 1. The predicted molar refractivity (Wildman–Crippen MR) is 86.6 cm³/mol. The predicted octanol–water partition coefficient (Wildman–Crippen LogP) is 3.21. The molecule has 0 radical (unpaired) electrons. The highest BCUT2D eigenvalue weighted by molar-refractivity contribution is 7.89. The molecule has 0 spiro atoms. The molecular formula is C16H26N2O2S. The van der Waals surface area contributed by atoms with Crippen molar-refractivity contribution in [3.8, 4) is 0 Å². The van der Waals surface area contributed by atoms with Crippen molar-refractivity contribution in [3.63, 3.8) is 0 Å². The van der Waals surface area contributed by atoms with Crippen LogP contribution in [0.3, 0.4) is 0 Å². The molecule has 0 aromatic heterocycles. The van der Waals surface area contributed by atoms with Gasteiger partial charge in [0.25, 0.3) is 0 Å². The topological polar surface area (TPSA) is 72.2 Å². The maximum Gasteiger partial charge on any atom is 0.241 e. The number of benzene rings is 1. The molecule has 118 valence electrons. The zero-order valence-corrected chi connectivity index (χ0v) is 13.7. The van der Waals surface area contributed by atoms with Crippen LogP contribution < -0.4 is 10.5 Å². The molecule has 1 aliphatic rings. The lowest BCUT2D eigenvalue weighted by molar-refractivity contribution is 0.297. The van der Waals surface area contributed by atoms with E-state index in [0.29, 0.717) is 10.6 Å². The number of anilines is 1. The summed E-state index contributed by atoms with van der Waals surface area (Å²) in [4.78, 5) is 0.304. The monoisotopic (exact) mass is 310 g/mol. The molecule has 1 fully saturated rings. The molecule has 5 heteroatoms. The van der Waals surface area contributed by atoms with Crippen LogP contribution in [0.1, 0.15) is 51.0 Å². The van der Waals surface area contributed by atoms with E-state index < -0.39 is 10.0 Å². The Balaban J connectivity index is 2.04. The van der Waals surface area contributed by atoms with Gasteiger partial charge in [0.1, 0.15) is 0 Å². The summed E-state index contributed by atoms with van der Waals surface area (Å²) in [5.74, 6) is 0.768. The number of sulfonamides is 1. The Morgan fingerprint density at radius 3 is 2.52 bits per heavy atom. The number of aryl methyl sites for hydroxylation is 1. The summed E-state index contributed by atoms with van der Waals surface area (Å²) in [7, 11) is -3.47. The third kappa shape index (κ3) is 4.20. The average molecular weight is 310 g/mol. The summed E-state index contributed by atoms with van der Waals surface area (Å²) in [5.41, 5.74) is 6.93. The molecule has 0 unspecified atom stereocenters. The smallest absolute Gasteiger partial charge is 0.241 e. The number of hydrogen-bond donors (Lipinski definition) is 2. The first kappa shape index (κ1) is 16.3. The van der Waals surface area contributed by atoms with E-state index >= 15 is 0 Å². The van der Waals surface area contributed by atoms with Crippen molar-refractivity contribution < 1.29 is 8.42 Å². The molecule has 0 aliphatic heterocycles. The first-order chi connectivity index (χ1) is 9.92. The van der Waals surface area contributed by atoms with E-state index in [1.54, 1.807) is 25.1 Å². The second kappa shape index (κ2) is 6.79. The van der Waals surface area contributed by atoms with Gasteiger partial charge < -0.3 is 5.73 Å². The molecule has 2 rings (SSSR count). The number of nitrogens with one attached hydrogen (secondary N) is 1. The summed E-state index contributed by atoms with van der Waals surface area (Å²) in [6.45, 7) is 4.00. The van der Waals surface area contributed by atoms with Crippen molar-refractivity contribution in [2.24, 2.45) is 5.92 Å². The molecule has 0 atom stereocenters. The van der Waals surface area contributed by atoms with E-state index in [0.717, 1.165) is 37.2 Å². The van der Waals surface area contributed by atoms with E-state index in [1.807, 2.05) is 0 Å². The zero-order valence-electron chi connectivity index (χ0n) is 12.9. The van der Waals surface area contributed by atoms with Crippen molar-refractivity contribution >= 4 is 15.7 Å². The first-order valence-corrected chi connectivity index (χ1v) is 9.29. The van der Waals surface area contributed by atoms with Gasteiger partial charge in [-0.05, 0) is 56.2 Å². The highest BCUT2D eigenvalue weighted by Gasteiger charge is 2.26. The summed E-state index contributed by atoms with van der Waals surface area (Å²) in [6, 6.07) is 5.08. The minimum atomic E-state index is -3.47. The van der Waals surface area contributed by atoms with Crippen molar-refractivity contribution in [2.45, 2.75) is 63.3 Å². The average Bonchev–Trinajstić information content (AvgIpc) is 2.43. The van der Waals surface area contributed by atoms with Gasteiger partial charge in [-0.2, -0.15) is 0 Å². The molecule has 4 nitrogen and oxygen atoms in total. The molecule has 3 N–H and O–H groups in total. The molecule has 0 bridgehead atoms. The summed E-state index contributed by atoms with van der Waals surface area (Å²) >= 11 is 0. The minimum absolute atomic E-state index is 0.0592. The van der Waals surface area contributed by atoms with E-state index in [9.17, 15) is 8.42 Å². The lowest BCUT2D eigenvalue weighted by Crippen LogP contribution is -2.37. The van der Waals surface area contributed by atoms with E-state index in [2.05, 4.69) is 11.6 Å². The number of hydrogen-bond acceptors (Lipinski definition) is 3. The standard InChI is InChI=1S/C16H26N2O2S/c1-3-4-13-6-9-15(10-7-13)18-21(19,20)16-11-14(17)8-5-12(16)2/h5,8,11,13,15,18H,3-4,6-7,9-10,17H2,1-2H3. The van der Waals surface area contributed by atoms with Crippen LogP contribution >= 0.6 is 0 Å². The Morgan fingerprint density at radius 1 is 1.24 bits per heavy atom. The van der Waals surface area contributed by atoms with Crippen molar-refractivity contribution in [3.05, 3.63) is 23.8 Å². The highest BCUT2D eigenvalue weighted by atomic mass is 32.2. The second-order valence-corrected chi connectivity index (χ2v) is 7.83. The van der Waals surface area contributed by atoms with Gasteiger partial charge in [0, 0.05) is 11.7 Å². The fourth-order valence-electron chi connectivity index (χ4n) is 3.17. The van der Waals surface area contributed by atoms with Gasteiger partial charge in [-0.15, -0.1) is 0 Å². The number of rotatable bonds is 5. The van der Waals surface area contributed by atoms with Gasteiger partial charge in [-0.25, -0.2) is 13.1 Å². The fraction of sp³-hybridized carbons (Fsp3) is 0.625.